The number of rotatable bonds is 8. The molecule has 0 nitrogen and oxygen atoms in total. The predicted octanol–water partition coefficient (Wildman–Crippen LogP) is 4.42. The van der Waals surface area contributed by atoms with Gasteiger partial charge in [-0.25, -0.2) is 0 Å². The first kappa shape index (κ1) is 13.9. The smallest absolute Gasteiger partial charge is 0.0323 e. The number of hydrogen-bond acceptors (Lipinski definition) is 0. The SMILES string of the molecule is CCP(CC)CCCP(CC)CC. The summed E-state index contributed by atoms with van der Waals surface area (Å²) in [6.45, 7) is 9.44. The molecule has 2 heteroatoms. The Labute approximate surface area is 87.4 Å². The fourth-order valence-corrected chi connectivity index (χ4v) is 5.22. The third-order valence-corrected chi connectivity index (χ3v) is 8.21. The van der Waals surface area contributed by atoms with Gasteiger partial charge in [0, 0.05) is 0 Å². The zero-order chi connectivity index (χ0) is 10.1. The van der Waals surface area contributed by atoms with Gasteiger partial charge < -0.3 is 0 Å². The molecule has 0 aliphatic heterocycles. The van der Waals surface area contributed by atoms with Gasteiger partial charge in [0.25, 0.3) is 0 Å². The van der Waals surface area contributed by atoms with Crippen molar-refractivity contribution < 1.29 is 0 Å². The largest absolute Gasteiger partial charge is 0.107 e. The molecule has 0 aliphatic carbocycles. The van der Waals surface area contributed by atoms with Crippen LogP contribution in [0.25, 0.3) is 0 Å². The topological polar surface area (TPSA) is 0 Å². The summed E-state index contributed by atoms with van der Waals surface area (Å²) in [5.41, 5.74) is 0. The van der Waals surface area contributed by atoms with Crippen LogP contribution in [0.3, 0.4) is 0 Å². The maximum absolute atomic E-state index is 2.36. The molecular weight excluding hydrogens is 194 g/mol. The van der Waals surface area contributed by atoms with Gasteiger partial charge in [-0.05, 0) is 43.4 Å². The minimum absolute atomic E-state index is 0.413. The second-order valence-corrected chi connectivity index (χ2v) is 9.51. The van der Waals surface area contributed by atoms with E-state index in [0.29, 0.717) is 15.8 Å². The number of hydrogen-bond donors (Lipinski definition) is 0. The Hall–Kier alpha value is 0.860. The molecule has 13 heavy (non-hydrogen) atoms. The Bertz CT molecular complexity index is 84.3. The molecule has 0 amide bonds. The maximum atomic E-state index is 2.36. The molecular formula is C11H26P2. The van der Waals surface area contributed by atoms with Gasteiger partial charge in [-0.1, -0.05) is 27.7 Å². The van der Waals surface area contributed by atoms with E-state index < -0.39 is 0 Å². The van der Waals surface area contributed by atoms with Crippen molar-refractivity contribution in [3.8, 4) is 0 Å². The highest BCUT2D eigenvalue weighted by molar-refractivity contribution is 7.58. The quantitative estimate of drug-likeness (QED) is 0.531. The summed E-state index contributed by atoms with van der Waals surface area (Å²) in [6.07, 6.45) is 10.4. The predicted molar refractivity (Wildman–Crippen MR) is 70.4 cm³/mol. The van der Waals surface area contributed by atoms with Gasteiger partial charge >= 0.3 is 0 Å². The first-order valence-corrected chi connectivity index (χ1v) is 9.52. The molecule has 0 fully saturated rings. The summed E-state index contributed by atoms with van der Waals surface area (Å²) in [5, 5.41) is 0. The van der Waals surface area contributed by atoms with E-state index in [4.69, 9.17) is 0 Å². The first-order chi connectivity index (χ1) is 6.28. The van der Waals surface area contributed by atoms with E-state index in [1.54, 1.807) is 12.3 Å². The summed E-state index contributed by atoms with van der Waals surface area (Å²) in [4.78, 5) is 0. The Morgan fingerprint density at radius 3 is 1.15 bits per heavy atom. The van der Waals surface area contributed by atoms with Crippen molar-refractivity contribution in [3.63, 3.8) is 0 Å². The van der Waals surface area contributed by atoms with Gasteiger partial charge in [0.2, 0.25) is 0 Å². The normalized spacial score (nSPS) is 11.5. The summed E-state index contributed by atoms with van der Waals surface area (Å²) in [7, 11) is 0.827. The Kier molecular flexibility index (Phi) is 10.0. The third-order valence-electron chi connectivity index (χ3n) is 2.74. The van der Waals surface area contributed by atoms with Crippen molar-refractivity contribution >= 4 is 15.8 Å². The fraction of sp³-hybridized carbons (Fsp3) is 1.00. The molecule has 0 saturated heterocycles. The highest BCUT2D eigenvalue weighted by Gasteiger charge is 2.05. The van der Waals surface area contributed by atoms with Crippen molar-refractivity contribution in [3.05, 3.63) is 0 Å². The van der Waals surface area contributed by atoms with E-state index in [1.807, 2.05) is 0 Å². The second kappa shape index (κ2) is 9.42. The third kappa shape index (κ3) is 6.87. The minimum Gasteiger partial charge on any atom is -0.107 e. The Balaban J connectivity index is 3.41. The van der Waals surface area contributed by atoms with Crippen LogP contribution in [0.4, 0.5) is 0 Å². The van der Waals surface area contributed by atoms with Gasteiger partial charge in [-0.3, -0.25) is 0 Å². The van der Waals surface area contributed by atoms with E-state index in [-0.39, 0.29) is 0 Å². The van der Waals surface area contributed by atoms with Gasteiger partial charge in [0.05, 0.1) is 0 Å². The zero-order valence-corrected chi connectivity index (χ0v) is 11.6. The summed E-state index contributed by atoms with van der Waals surface area (Å²) in [6, 6.07) is 0. The Morgan fingerprint density at radius 2 is 0.923 bits per heavy atom. The van der Waals surface area contributed by atoms with Crippen LogP contribution in [0.5, 0.6) is 0 Å². The highest BCUT2D eigenvalue weighted by Crippen LogP contribution is 2.39. The van der Waals surface area contributed by atoms with Crippen molar-refractivity contribution in [2.75, 3.05) is 37.0 Å². The van der Waals surface area contributed by atoms with Crippen LogP contribution < -0.4 is 0 Å². The van der Waals surface area contributed by atoms with Crippen LogP contribution in [0.1, 0.15) is 34.1 Å². The van der Waals surface area contributed by atoms with Crippen LogP contribution in [-0.4, -0.2) is 37.0 Å². The van der Waals surface area contributed by atoms with E-state index in [9.17, 15) is 0 Å². The monoisotopic (exact) mass is 220 g/mol. The minimum atomic E-state index is 0.413. The molecule has 0 N–H and O–H groups in total. The molecule has 0 aromatic carbocycles. The molecule has 0 aromatic rings. The van der Waals surface area contributed by atoms with E-state index in [2.05, 4.69) is 27.7 Å². The zero-order valence-electron chi connectivity index (χ0n) is 9.84. The molecule has 0 spiro atoms. The molecule has 0 atom stereocenters. The van der Waals surface area contributed by atoms with Crippen LogP contribution in [0.2, 0.25) is 0 Å². The van der Waals surface area contributed by atoms with E-state index >= 15 is 0 Å². The molecule has 0 aromatic heterocycles. The molecule has 0 radical (unpaired) electrons. The molecule has 0 heterocycles. The average Bonchev–Trinajstić information content (AvgIpc) is 2.19. The van der Waals surface area contributed by atoms with Gasteiger partial charge in [-0.15, -0.1) is 15.8 Å². The Morgan fingerprint density at radius 1 is 0.615 bits per heavy atom. The standard InChI is InChI=1S/C11H26P2/c1-5-12(6-2)10-9-11-13(7-3)8-4/h5-11H2,1-4H3. The summed E-state index contributed by atoms with van der Waals surface area (Å²) in [5.74, 6) is 0. The average molecular weight is 220 g/mol. The van der Waals surface area contributed by atoms with Gasteiger partial charge in [-0.2, -0.15) is 0 Å². The van der Waals surface area contributed by atoms with Crippen LogP contribution in [0.15, 0.2) is 0 Å². The molecule has 0 aliphatic rings. The summed E-state index contributed by atoms with van der Waals surface area (Å²) < 4.78 is 0. The lowest BCUT2D eigenvalue weighted by molar-refractivity contribution is 1.08. The lowest BCUT2D eigenvalue weighted by Crippen LogP contribution is -1.95. The van der Waals surface area contributed by atoms with Crippen molar-refractivity contribution in [2.24, 2.45) is 0 Å². The lowest BCUT2D eigenvalue weighted by Gasteiger charge is -2.16. The molecule has 0 rings (SSSR count). The highest BCUT2D eigenvalue weighted by atomic mass is 31.1. The van der Waals surface area contributed by atoms with E-state index in [0.717, 1.165) is 0 Å². The van der Waals surface area contributed by atoms with Crippen LogP contribution in [0, 0.1) is 0 Å². The molecule has 0 unspecified atom stereocenters. The van der Waals surface area contributed by atoms with Gasteiger partial charge in [0.15, 0.2) is 0 Å². The van der Waals surface area contributed by atoms with Gasteiger partial charge in [0.1, 0.15) is 0 Å². The molecule has 0 bridgehead atoms. The first-order valence-electron chi connectivity index (χ1n) is 5.73. The fourth-order valence-electron chi connectivity index (χ4n) is 1.60. The molecule has 80 valence electrons. The van der Waals surface area contributed by atoms with Crippen molar-refractivity contribution in [2.45, 2.75) is 34.1 Å². The summed E-state index contributed by atoms with van der Waals surface area (Å²) >= 11 is 0. The van der Waals surface area contributed by atoms with Crippen molar-refractivity contribution in [1.82, 2.24) is 0 Å². The molecule has 0 saturated carbocycles. The maximum Gasteiger partial charge on any atom is -0.0323 e. The van der Waals surface area contributed by atoms with Crippen molar-refractivity contribution in [1.29, 1.82) is 0 Å². The van der Waals surface area contributed by atoms with Crippen LogP contribution in [-0.2, 0) is 0 Å². The van der Waals surface area contributed by atoms with Crippen LogP contribution >= 0.6 is 15.8 Å². The second-order valence-electron chi connectivity index (χ2n) is 3.41. The lowest BCUT2D eigenvalue weighted by atomic mass is 10.6. The van der Waals surface area contributed by atoms with E-state index in [1.165, 1.54) is 31.1 Å².